The fraction of sp³-hybridized carbons (Fsp3) is 0.235. The van der Waals surface area contributed by atoms with Crippen LogP contribution in [0.5, 0.6) is 0 Å². The molecule has 0 bridgehead atoms. The van der Waals surface area contributed by atoms with Gasteiger partial charge in [-0.1, -0.05) is 18.5 Å². The van der Waals surface area contributed by atoms with Crippen molar-refractivity contribution >= 4 is 59.7 Å². The topological polar surface area (TPSA) is 88.6 Å². The molecule has 0 aliphatic rings. The lowest BCUT2D eigenvalue weighted by Crippen LogP contribution is -2.29. The number of rotatable bonds is 8. The number of thiol groups is 1. The highest BCUT2D eigenvalue weighted by molar-refractivity contribution is 9.10. The molecule has 0 spiro atoms. The van der Waals surface area contributed by atoms with Crippen LogP contribution in [0.25, 0.3) is 0 Å². The number of carbonyl (C=O) groups excluding carboxylic acids is 1. The zero-order chi connectivity index (χ0) is 21.1. The minimum absolute atomic E-state index is 0.0400. The van der Waals surface area contributed by atoms with Gasteiger partial charge in [-0.2, -0.15) is 0 Å². The zero-order valence-electron chi connectivity index (χ0n) is 14.6. The van der Waals surface area contributed by atoms with Gasteiger partial charge in [-0.15, -0.1) is 0 Å². The molecule has 6 nitrogen and oxygen atoms in total. The summed E-state index contributed by atoms with van der Waals surface area (Å²) in [5, 5.41) is -0.0400. The first-order valence-corrected chi connectivity index (χ1v) is 12.1. The molecule has 0 aromatic heterocycles. The van der Waals surface area contributed by atoms with Gasteiger partial charge in [-0.05, 0) is 52.3 Å². The van der Waals surface area contributed by atoms with E-state index >= 15 is 0 Å². The standard InChI is InChI=1S/C17H16BrClFNO5S2/c1-2-28(25,26)8-7-21(27(23)24)16-10-14(18)13(9-15(16)19)17(22)11-3-5-12(20)6-4-11/h3-6,9-10,27H,2,7-8H2,1H3. The van der Waals surface area contributed by atoms with Crippen LogP contribution in [-0.2, 0) is 20.7 Å². The molecule has 11 heteroatoms. The first-order valence-electron chi connectivity index (χ1n) is 7.97. The van der Waals surface area contributed by atoms with E-state index in [1.807, 2.05) is 0 Å². The van der Waals surface area contributed by atoms with Crippen molar-refractivity contribution in [3.05, 3.63) is 62.8 Å². The molecular formula is C17H16BrClFNO5S2. The summed E-state index contributed by atoms with van der Waals surface area (Å²) >= 11 is 9.41. The molecule has 0 aliphatic heterocycles. The van der Waals surface area contributed by atoms with E-state index < -0.39 is 32.3 Å². The van der Waals surface area contributed by atoms with Crippen molar-refractivity contribution in [2.24, 2.45) is 0 Å². The Morgan fingerprint density at radius 1 is 1.21 bits per heavy atom. The van der Waals surface area contributed by atoms with Gasteiger partial charge in [-0.3, -0.25) is 9.10 Å². The minimum Gasteiger partial charge on any atom is -0.289 e. The quantitative estimate of drug-likeness (QED) is 0.433. The van der Waals surface area contributed by atoms with Crippen LogP contribution in [0.15, 0.2) is 40.9 Å². The predicted octanol–water partition coefficient (Wildman–Crippen LogP) is 3.24. The van der Waals surface area contributed by atoms with Crippen molar-refractivity contribution in [2.45, 2.75) is 6.92 Å². The van der Waals surface area contributed by atoms with E-state index in [4.69, 9.17) is 11.6 Å². The summed E-state index contributed by atoms with van der Waals surface area (Å²) in [5.74, 6) is -1.40. The van der Waals surface area contributed by atoms with Crippen molar-refractivity contribution in [2.75, 3.05) is 22.4 Å². The Labute approximate surface area is 177 Å². The van der Waals surface area contributed by atoms with Crippen LogP contribution in [0.2, 0.25) is 5.02 Å². The smallest absolute Gasteiger partial charge is 0.225 e. The van der Waals surface area contributed by atoms with Crippen LogP contribution in [0, 0.1) is 5.82 Å². The Morgan fingerprint density at radius 3 is 2.36 bits per heavy atom. The molecule has 0 fully saturated rings. The number of halogens is 3. The van der Waals surface area contributed by atoms with E-state index in [0.717, 1.165) is 16.4 Å². The second-order valence-corrected chi connectivity index (χ2v) is 10.4. The average molecular weight is 513 g/mol. The Kier molecular flexibility index (Phi) is 7.60. The molecular weight excluding hydrogens is 497 g/mol. The maximum atomic E-state index is 13.0. The summed E-state index contributed by atoms with van der Waals surface area (Å²) in [6.45, 7) is 1.17. The first-order chi connectivity index (χ1) is 13.1. The second-order valence-electron chi connectivity index (χ2n) is 5.72. The number of sulfone groups is 1. The minimum atomic E-state index is -3.39. The number of carbonyl (C=O) groups is 1. The maximum Gasteiger partial charge on any atom is 0.225 e. The van der Waals surface area contributed by atoms with Crippen LogP contribution in [0.1, 0.15) is 22.8 Å². The van der Waals surface area contributed by atoms with Gasteiger partial charge >= 0.3 is 0 Å². The third-order valence-corrected chi connectivity index (χ3v) is 7.37. The van der Waals surface area contributed by atoms with Crippen molar-refractivity contribution in [3.63, 3.8) is 0 Å². The van der Waals surface area contributed by atoms with Gasteiger partial charge in [0.25, 0.3) is 0 Å². The highest BCUT2D eigenvalue weighted by Crippen LogP contribution is 2.33. The third kappa shape index (κ3) is 5.53. The van der Waals surface area contributed by atoms with Gasteiger partial charge in [-0.25, -0.2) is 21.2 Å². The van der Waals surface area contributed by atoms with Crippen molar-refractivity contribution in [3.8, 4) is 0 Å². The summed E-state index contributed by atoms with van der Waals surface area (Å²) in [6.07, 6.45) is 0. The SMILES string of the molecule is CCS(=O)(=O)CCN(c1cc(Br)c(C(=O)c2ccc(F)cc2)cc1Cl)[SH](=O)=O. The van der Waals surface area contributed by atoms with Crippen LogP contribution >= 0.6 is 27.5 Å². The monoisotopic (exact) mass is 511 g/mol. The molecule has 2 rings (SSSR count). The van der Waals surface area contributed by atoms with Gasteiger partial charge in [0, 0.05) is 27.9 Å². The van der Waals surface area contributed by atoms with Gasteiger partial charge < -0.3 is 0 Å². The lowest BCUT2D eigenvalue weighted by molar-refractivity contribution is 0.103. The van der Waals surface area contributed by atoms with Crippen molar-refractivity contribution in [1.29, 1.82) is 0 Å². The highest BCUT2D eigenvalue weighted by atomic mass is 79.9. The number of ketones is 1. The van der Waals surface area contributed by atoms with E-state index in [1.165, 1.54) is 31.2 Å². The van der Waals surface area contributed by atoms with Crippen molar-refractivity contribution < 1.29 is 26.0 Å². The number of hydrogen-bond acceptors (Lipinski definition) is 5. The van der Waals surface area contributed by atoms with E-state index in [2.05, 4.69) is 15.9 Å². The molecule has 0 unspecified atom stereocenters. The van der Waals surface area contributed by atoms with Crippen LogP contribution in [-0.4, -0.2) is 40.7 Å². The molecule has 0 N–H and O–H groups in total. The molecule has 28 heavy (non-hydrogen) atoms. The fourth-order valence-corrected chi connectivity index (χ4v) is 4.65. The highest BCUT2D eigenvalue weighted by Gasteiger charge is 2.21. The second kappa shape index (κ2) is 9.34. The van der Waals surface area contributed by atoms with Gasteiger partial charge in [0.15, 0.2) is 15.6 Å². The molecule has 0 atom stereocenters. The number of nitrogens with zero attached hydrogens (tertiary/aromatic N) is 1. The molecule has 2 aromatic rings. The lowest BCUT2D eigenvalue weighted by Gasteiger charge is -2.20. The van der Waals surface area contributed by atoms with E-state index in [1.54, 1.807) is 0 Å². The lowest BCUT2D eigenvalue weighted by atomic mass is 10.0. The zero-order valence-corrected chi connectivity index (χ0v) is 18.6. The van der Waals surface area contributed by atoms with Gasteiger partial charge in [0.2, 0.25) is 10.9 Å². The van der Waals surface area contributed by atoms with Crippen molar-refractivity contribution in [1.82, 2.24) is 0 Å². The van der Waals surface area contributed by atoms with Gasteiger partial charge in [0.1, 0.15) is 5.82 Å². The molecule has 0 amide bonds. The average Bonchev–Trinajstić information content (AvgIpc) is 2.64. The largest absolute Gasteiger partial charge is 0.289 e. The van der Waals surface area contributed by atoms with Crippen LogP contribution in [0.3, 0.4) is 0 Å². The molecule has 0 aliphatic carbocycles. The fourth-order valence-electron chi connectivity index (χ4n) is 2.32. The van der Waals surface area contributed by atoms with E-state index in [0.29, 0.717) is 0 Å². The molecule has 2 aromatic carbocycles. The maximum absolute atomic E-state index is 13.0. The number of anilines is 1. The third-order valence-electron chi connectivity index (χ3n) is 3.92. The summed E-state index contributed by atoms with van der Waals surface area (Å²) < 4.78 is 60.8. The summed E-state index contributed by atoms with van der Waals surface area (Å²) in [5.41, 5.74) is 0.431. The Balaban J connectivity index is 2.40. The summed E-state index contributed by atoms with van der Waals surface area (Å²) in [6, 6.07) is 7.56. The summed E-state index contributed by atoms with van der Waals surface area (Å²) in [7, 11) is -6.55. The summed E-state index contributed by atoms with van der Waals surface area (Å²) in [4.78, 5) is 12.6. The van der Waals surface area contributed by atoms with Crippen LogP contribution < -0.4 is 4.31 Å². The van der Waals surface area contributed by atoms with E-state index in [9.17, 15) is 26.0 Å². The molecule has 0 saturated heterocycles. The first kappa shape index (κ1) is 22.8. The molecule has 0 radical (unpaired) electrons. The van der Waals surface area contributed by atoms with Crippen LogP contribution in [0.4, 0.5) is 10.1 Å². The Bertz CT molecular complexity index is 1060. The molecule has 0 saturated carbocycles. The van der Waals surface area contributed by atoms with E-state index in [-0.39, 0.29) is 44.4 Å². The molecule has 0 heterocycles. The predicted molar refractivity (Wildman–Crippen MR) is 111 cm³/mol. The molecule has 152 valence electrons. The normalized spacial score (nSPS) is 11.6. The Morgan fingerprint density at radius 2 is 1.82 bits per heavy atom. The van der Waals surface area contributed by atoms with Gasteiger partial charge in [0.05, 0.1) is 16.5 Å². The number of hydrogen-bond donors (Lipinski definition) is 1. The number of benzene rings is 2. The Hall–Kier alpha value is -1.49.